The highest BCUT2D eigenvalue weighted by Crippen LogP contribution is 2.31. The maximum atomic E-state index is 15.4. The molecule has 0 spiro atoms. The molecule has 0 saturated heterocycles. The molecule has 0 unspecified atom stereocenters. The largest absolute Gasteiger partial charge is 0.357 e. The minimum absolute atomic E-state index is 0.0381. The van der Waals surface area contributed by atoms with Crippen LogP contribution in [0.4, 0.5) is 87.8 Å². The van der Waals surface area contributed by atoms with Crippen LogP contribution in [0.3, 0.4) is 0 Å². The molecule has 0 amide bonds. The molecule has 64 heavy (non-hydrogen) atoms. The molecule has 6 rings (SSSR count). The quantitative estimate of drug-likeness (QED) is 0.0484. The van der Waals surface area contributed by atoms with Crippen molar-refractivity contribution in [2.24, 2.45) is 0 Å². The van der Waals surface area contributed by atoms with Gasteiger partial charge in [0.1, 0.15) is 52.7 Å². The highest BCUT2D eigenvalue weighted by atomic mass is 127. The van der Waals surface area contributed by atoms with E-state index in [-0.39, 0.29) is 21.2 Å². The van der Waals surface area contributed by atoms with Crippen LogP contribution >= 0.6 is 0 Å². The van der Waals surface area contributed by atoms with Crippen LogP contribution in [0.2, 0.25) is 0 Å². The SMILES string of the molecule is CCC(C)(C)c1ccc([I+]c2ccc(C)cc2)cc1.Fc1c(F)c(F)c([B-](c2c(F)c(F)c(F)c(F)c2F)(c2c(F)c(F)c(F)c(F)c2F)c2c(F)c(F)c(F)c(F)c2F)c(F)c1F. The minimum atomic E-state index is -7.22. The Morgan fingerprint density at radius 2 is 0.547 bits per heavy atom. The summed E-state index contributed by atoms with van der Waals surface area (Å²) in [7, 11) is 0. The molecule has 6 aromatic rings. The minimum Gasteiger partial charge on any atom is -0.207 e. The molecule has 0 aliphatic carbocycles. The summed E-state index contributed by atoms with van der Waals surface area (Å²) in [6.45, 7) is 9.03. The lowest BCUT2D eigenvalue weighted by molar-refractivity contribution is -0.597. The average Bonchev–Trinajstić information content (AvgIpc) is 3.27. The number of hydrogen-bond acceptors (Lipinski definition) is 0. The Bertz CT molecular complexity index is 2430. The number of rotatable bonds is 8. The van der Waals surface area contributed by atoms with Gasteiger partial charge < -0.3 is 0 Å². The lowest BCUT2D eigenvalue weighted by atomic mass is 9.12. The Balaban J connectivity index is 0.000000337. The van der Waals surface area contributed by atoms with E-state index in [1.165, 1.54) is 24.7 Å². The first kappa shape index (κ1) is 49.7. The molecule has 0 aliphatic rings. The van der Waals surface area contributed by atoms with Gasteiger partial charge in [-0.25, -0.2) is 87.8 Å². The summed E-state index contributed by atoms with van der Waals surface area (Å²) >= 11 is -0.0381. The van der Waals surface area contributed by atoms with E-state index < -0.39 is 144 Å². The molecule has 0 aromatic heterocycles. The zero-order chi connectivity index (χ0) is 48.2. The van der Waals surface area contributed by atoms with E-state index in [1.54, 1.807) is 0 Å². The van der Waals surface area contributed by atoms with E-state index >= 15 is 35.1 Å². The third-order valence-electron chi connectivity index (χ3n) is 10.4. The van der Waals surface area contributed by atoms with Crippen molar-refractivity contribution in [3.05, 3.63) is 183 Å². The van der Waals surface area contributed by atoms with Gasteiger partial charge in [0.15, 0.2) is 76.9 Å². The second-order valence-electron chi connectivity index (χ2n) is 14.4. The monoisotopic (exact) mass is 1040 g/mol. The maximum Gasteiger partial charge on any atom is 0.357 e. The average molecular weight is 1040 g/mol. The second-order valence-corrected chi connectivity index (χ2v) is 17.5. The molecule has 0 nitrogen and oxygen atoms in total. The fourth-order valence-electron chi connectivity index (χ4n) is 6.76. The molecule has 0 saturated carbocycles. The van der Waals surface area contributed by atoms with Crippen LogP contribution < -0.4 is 43.1 Å². The molecule has 0 radical (unpaired) electrons. The van der Waals surface area contributed by atoms with E-state index in [4.69, 9.17) is 0 Å². The van der Waals surface area contributed by atoms with Crippen molar-refractivity contribution in [2.75, 3.05) is 0 Å². The van der Waals surface area contributed by atoms with Crippen LogP contribution in [0.5, 0.6) is 0 Å². The third kappa shape index (κ3) is 8.07. The van der Waals surface area contributed by atoms with Gasteiger partial charge in [-0.2, -0.15) is 0 Å². The summed E-state index contributed by atoms with van der Waals surface area (Å²) in [4.78, 5) is 0. The molecule has 0 N–H and O–H groups in total. The Kier molecular flexibility index (Phi) is 14.2. The van der Waals surface area contributed by atoms with Crippen LogP contribution in [0.15, 0.2) is 48.5 Å². The molecule has 0 fully saturated rings. The molecular formula is C42H22BF20I. The fourth-order valence-corrected chi connectivity index (χ4v) is 8.92. The topological polar surface area (TPSA) is 0 Å². The van der Waals surface area contributed by atoms with Crippen LogP contribution in [0, 0.1) is 130 Å². The van der Waals surface area contributed by atoms with Crippen LogP contribution in [0.1, 0.15) is 38.3 Å². The van der Waals surface area contributed by atoms with E-state index in [9.17, 15) is 52.7 Å². The summed E-state index contributed by atoms with van der Waals surface area (Å²) < 4.78 is 297. The Hall–Kier alpha value is -5.29. The number of benzene rings is 6. The van der Waals surface area contributed by atoms with Crippen molar-refractivity contribution in [3.8, 4) is 0 Å². The summed E-state index contributed by atoms with van der Waals surface area (Å²) in [5.41, 5.74) is -11.2. The first-order valence-corrected chi connectivity index (χ1v) is 19.9. The molecule has 0 aliphatic heterocycles. The van der Waals surface area contributed by atoms with Gasteiger partial charge in [0.2, 0.25) is 0 Å². The highest BCUT2D eigenvalue weighted by molar-refractivity contribution is 7.20. The summed E-state index contributed by atoms with van der Waals surface area (Å²) in [5, 5.41) is 0. The predicted molar refractivity (Wildman–Crippen MR) is 188 cm³/mol. The molecule has 6 aromatic carbocycles. The lowest BCUT2D eigenvalue weighted by Crippen LogP contribution is -3.61. The van der Waals surface area contributed by atoms with Gasteiger partial charge in [-0.3, -0.25) is 0 Å². The van der Waals surface area contributed by atoms with Crippen molar-refractivity contribution in [1.29, 1.82) is 0 Å². The van der Waals surface area contributed by atoms with Crippen molar-refractivity contribution in [3.63, 3.8) is 0 Å². The molecule has 0 bridgehead atoms. The lowest BCUT2D eigenvalue weighted by Gasteiger charge is -2.44. The zero-order valence-electron chi connectivity index (χ0n) is 32.3. The Labute approximate surface area is 358 Å². The summed E-state index contributed by atoms with van der Waals surface area (Å²) in [5.74, 6) is -71.4. The van der Waals surface area contributed by atoms with Gasteiger partial charge in [0, 0.05) is 0 Å². The second kappa shape index (κ2) is 18.3. The van der Waals surface area contributed by atoms with Gasteiger partial charge >= 0.3 is 21.2 Å². The smallest absolute Gasteiger partial charge is 0.207 e. The van der Waals surface area contributed by atoms with E-state index in [2.05, 4.69) is 76.2 Å². The van der Waals surface area contributed by atoms with Crippen LogP contribution in [-0.4, -0.2) is 6.15 Å². The number of halogens is 21. The first-order valence-electron chi connectivity index (χ1n) is 17.8. The molecule has 0 heterocycles. The van der Waals surface area contributed by atoms with Gasteiger partial charge in [-0.15, -0.1) is 21.9 Å². The Morgan fingerprint density at radius 1 is 0.344 bits per heavy atom. The Morgan fingerprint density at radius 3 is 0.766 bits per heavy atom. The highest BCUT2D eigenvalue weighted by Gasteiger charge is 2.52. The van der Waals surface area contributed by atoms with Gasteiger partial charge in [0.25, 0.3) is 0 Å². The zero-order valence-corrected chi connectivity index (χ0v) is 34.5. The van der Waals surface area contributed by atoms with E-state index in [1.807, 2.05) is 0 Å². The molecule has 340 valence electrons. The first-order chi connectivity index (χ1) is 29.7. The standard InChI is InChI=1S/C24BF20.C18H22I/c26-5-1(6(27)14(35)21(42)13(5)34)25(2-7(28)15(36)22(43)16(37)8(2)29,3-9(30)17(38)23(44)18(39)10(3)31)4-11(32)19(40)24(45)20(41)12(4)33;1-5-18(3,4)15-8-12-17(13-9-15)19-16-10-6-14(2)7-11-16/h;6-13H,5H2,1-4H3/q-1;+1. The van der Waals surface area contributed by atoms with Gasteiger partial charge in [0.05, 0.1) is 0 Å². The molecule has 22 heteroatoms. The number of hydrogen-bond donors (Lipinski definition) is 0. The predicted octanol–water partition coefficient (Wildman–Crippen LogP) is 7.66. The summed E-state index contributed by atoms with van der Waals surface area (Å²) in [6, 6.07) is 18.2. The summed E-state index contributed by atoms with van der Waals surface area (Å²) in [6.07, 6.45) is -6.04. The van der Waals surface area contributed by atoms with Crippen molar-refractivity contribution >= 4 is 28.0 Å². The fraction of sp³-hybridized carbons (Fsp3) is 0.143. The van der Waals surface area contributed by atoms with Crippen molar-refractivity contribution in [2.45, 2.75) is 39.5 Å². The van der Waals surface area contributed by atoms with Crippen LogP contribution in [-0.2, 0) is 5.41 Å². The third-order valence-corrected chi connectivity index (χ3v) is 13.1. The van der Waals surface area contributed by atoms with E-state index in [0.29, 0.717) is 5.41 Å². The van der Waals surface area contributed by atoms with E-state index in [0.717, 1.165) is 0 Å². The molecule has 0 atom stereocenters. The normalized spacial score (nSPS) is 11.9. The molecular weight excluding hydrogens is 1020 g/mol. The van der Waals surface area contributed by atoms with Gasteiger partial charge in [-0.1, -0.05) is 50.6 Å². The number of aryl methyl sites for hydroxylation is 1. The van der Waals surface area contributed by atoms with Gasteiger partial charge in [-0.05, 0) is 48.6 Å². The maximum absolute atomic E-state index is 15.4. The van der Waals surface area contributed by atoms with Crippen LogP contribution in [0.25, 0.3) is 0 Å². The van der Waals surface area contributed by atoms with Crippen molar-refractivity contribution in [1.82, 2.24) is 0 Å². The van der Waals surface area contributed by atoms with Crippen molar-refractivity contribution < 1.29 is 109 Å².